The zero-order valence-corrected chi connectivity index (χ0v) is 24.8. The molecule has 0 saturated heterocycles. The molecule has 0 aliphatic heterocycles. The maximum atomic E-state index is 13.5. The number of hydrogen-bond donors (Lipinski definition) is 1. The minimum Gasteiger partial charge on any atom is -0.497 e. The van der Waals surface area contributed by atoms with Crippen molar-refractivity contribution in [2.24, 2.45) is 40.4 Å². The molecule has 0 aromatic heterocycles. The van der Waals surface area contributed by atoms with Crippen LogP contribution in [0.25, 0.3) is 0 Å². The fourth-order valence-corrected chi connectivity index (χ4v) is 8.95. The van der Waals surface area contributed by atoms with Gasteiger partial charge in [-0.2, -0.15) is 0 Å². The summed E-state index contributed by atoms with van der Waals surface area (Å²) in [6.45, 7) is 12.6. The van der Waals surface area contributed by atoms with E-state index >= 15 is 0 Å². The lowest BCUT2D eigenvalue weighted by atomic mass is 9.44. The predicted molar refractivity (Wildman–Crippen MR) is 153 cm³/mol. The molecule has 0 bridgehead atoms. The van der Waals surface area contributed by atoms with E-state index < -0.39 is 23.2 Å². The van der Waals surface area contributed by atoms with E-state index in [9.17, 15) is 14.4 Å². The number of Topliss-reactive ketones (excluding diaryl/α,β-unsaturated/α-hetero) is 1. The number of benzene rings is 1. The highest BCUT2D eigenvalue weighted by molar-refractivity contribution is 5.94. The second kappa shape index (κ2) is 10.2. The Morgan fingerprint density at radius 2 is 1.93 bits per heavy atom. The van der Waals surface area contributed by atoms with E-state index in [2.05, 4.69) is 38.2 Å². The Morgan fingerprint density at radius 3 is 2.60 bits per heavy atom. The number of methoxy groups -OCH3 is 1. The third-order valence-electron chi connectivity index (χ3n) is 11.2. The molecule has 0 spiro atoms. The molecule has 0 radical (unpaired) electrons. The number of ketones is 2. The molecule has 1 N–H and O–H groups in total. The lowest BCUT2D eigenvalue weighted by Gasteiger charge is -2.61. The Labute approximate surface area is 237 Å². The Balaban J connectivity index is 1.58. The zero-order valence-electron chi connectivity index (χ0n) is 24.8. The molecule has 216 valence electrons. The summed E-state index contributed by atoms with van der Waals surface area (Å²) in [7, 11) is 1.58. The van der Waals surface area contributed by atoms with Crippen LogP contribution in [0, 0.1) is 40.4 Å². The lowest BCUT2D eigenvalue weighted by Crippen LogP contribution is -2.63. The topological polar surface area (TPSA) is 90.9 Å². The summed E-state index contributed by atoms with van der Waals surface area (Å²) in [4.78, 5) is 39.7. The van der Waals surface area contributed by atoms with Gasteiger partial charge in [0.05, 0.1) is 7.11 Å². The molecule has 1 aromatic rings. The molecular formula is C33H43NO6. The molecule has 40 heavy (non-hydrogen) atoms. The number of hydrogen-bond acceptors (Lipinski definition) is 6. The number of amides is 1. The molecule has 1 amide bonds. The number of carbonyl (C=O) groups is 3. The average molecular weight is 550 g/mol. The van der Waals surface area contributed by atoms with Gasteiger partial charge in [-0.05, 0) is 74.6 Å². The van der Waals surface area contributed by atoms with Gasteiger partial charge in [0.25, 0.3) is 0 Å². The normalized spacial score (nSPS) is 39.9. The molecule has 2 saturated carbocycles. The third kappa shape index (κ3) is 4.07. The van der Waals surface area contributed by atoms with Crippen LogP contribution in [-0.2, 0) is 19.1 Å². The van der Waals surface area contributed by atoms with E-state index in [1.54, 1.807) is 32.2 Å². The molecule has 4 aliphatic carbocycles. The van der Waals surface area contributed by atoms with Crippen molar-refractivity contribution in [2.45, 2.75) is 72.5 Å². The van der Waals surface area contributed by atoms with Crippen molar-refractivity contribution >= 4 is 23.3 Å². The largest absolute Gasteiger partial charge is 0.497 e. The predicted octanol–water partition coefficient (Wildman–Crippen LogP) is 6.39. The van der Waals surface area contributed by atoms with Gasteiger partial charge in [-0.25, -0.2) is 4.79 Å². The number of ether oxygens (including phenoxy) is 3. The molecular weight excluding hydrogens is 506 g/mol. The van der Waals surface area contributed by atoms with Crippen LogP contribution in [0.4, 0.5) is 10.5 Å². The van der Waals surface area contributed by atoms with E-state index in [0.29, 0.717) is 30.9 Å². The lowest BCUT2D eigenvalue weighted by molar-refractivity contribution is -0.187. The minimum absolute atomic E-state index is 0.0363. The molecule has 2 unspecified atom stereocenters. The van der Waals surface area contributed by atoms with E-state index in [0.717, 1.165) is 12.0 Å². The Bertz CT molecular complexity index is 1270. The quantitative estimate of drug-likeness (QED) is 0.442. The van der Waals surface area contributed by atoms with Crippen LogP contribution in [0.3, 0.4) is 0 Å². The van der Waals surface area contributed by atoms with Crippen molar-refractivity contribution in [3.05, 3.63) is 48.1 Å². The molecule has 5 rings (SSSR count). The fourth-order valence-electron chi connectivity index (χ4n) is 8.95. The molecule has 9 atom stereocenters. The Hall–Kier alpha value is -2.93. The van der Waals surface area contributed by atoms with Gasteiger partial charge in [-0.1, -0.05) is 45.9 Å². The number of carbonyl (C=O) groups excluding carboxylic acids is 3. The third-order valence-corrected chi connectivity index (χ3v) is 11.2. The molecule has 0 heterocycles. The summed E-state index contributed by atoms with van der Waals surface area (Å²) in [5.41, 5.74) is -0.223. The van der Waals surface area contributed by atoms with Crippen molar-refractivity contribution in [3.63, 3.8) is 0 Å². The maximum Gasteiger partial charge on any atom is 0.411 e. The summed E-state index contributed by atoms with van der Waals surface area (Å²) in [5.74, 6) is 0.939. The highest BCUT2D eigenvalue weighted by Gasteiger charge is 2.69. The zero-order chi connectivity index (χ0) is 29.0. The van der Waals surface area contributed by atoms with E-state index in [4.69, 9.17) is 14.2 Å². The summed E-state index contributed by atoms with van der Waals surface area (Å²) in [6.07, 6.45) is 7.13. The van der Waals surface area contributed by atoms with Gasteiger partial charge in [0.1, 0.15) is 17.5 Å². The van der Waals surface area contributed by atoms with Crippen LogP contribution in [0.2, 0.25) is 0 Å². The van der Waals surface area contributed by atoms with Crippen LogP contribution in [0.5, 0.6) is 5.75 Å². The van der Waals surface area contributed by atoms with Gasteiger partial charge in [0.2, 0.25) is 0 Å². The van der Waals surface area contributed by atoms with Crippen molar-refractivity contribution in [1.82, 2.24) is 0 Å². The molecule has 7 heteroatoms. The molecule has 7 nitrogen and oxygen atoms in total. The van der Waals surface area contributed by atoms with E-state index in [1.165, 1.54) is 0 Å². The highest BCUT2D eigenvalue weighted by atomic mass is 16.6. The van der Waals surface area contributed by atoms with E-state index in [-0.39, 0.29) is 46.6 Å². The number of rotatable bonds is 6. The van der Waals surface area contributed by atoms with Gasteiger partial charge < -0.3 is 14.2 Å². The maximum absolute atomic E-state index is 13.5. The van der Waals surface area contributed by atoms with Gasteiger partial charge >= 0.3 is 6.09 Å². The molecule has 2 fully saturated rings. The first-order valence-electron chi connectivity index (χ1n) is 14.6. The summed E-state index contributed by atoms with van der Waals surface area (Å²) < 4.78 is 18.1. The monoisotopic (exact) mass is 549 g/mol. The first-order valence-corrected chi connectivity index (χ1v) is 14.6. The molecule has 1 aromatic carbocycles. The number of anilines is 1. The van der Waals surface area contributed by atoms with Crippen LogP contribution in [0.1, 0.15) is 60.8 Å². The van der Waals surface area contributed by atoms with Crippen LogP contribution in [0.15, 0.2) is 48.1 Å². The second-order valence-corrected chi connectivity index (χ2v) is 12.7. The van der Waals surface area contributed by atoms with Crippen LogP contribution < -0.4 is 10.1 Å². The van der Waals surface area contributed by atoms with Crippen molar-refractivity contribution in [1.29, 1.82) is 0 Å². The van der Waals surface area contributed by atoms with Crippen LogP contribution in [-0.4, -0.2) is 43.1 Å². The highest BCUT2D eigenvalue weighted by Crippen LogP contribution is 2.68. The average Bonchev–Trinajstić information content (AvgIpc) is 3.21. The van der Waals surface area contributed by atoms with Crippen molar-refractivity contribution in [3.8, 4) is 5.75 Å². The smallest absolute Gasteiger partial charge is 0.411 e. The number of nitrogens with one attached hydrogen (secondary N) is 1. The minimum atomic E-state index is -0.922. The second-order valence-electron chi connectivity index (χ2n) is 12.7. The Morgan fingerprint density at radius 1 is 1.18 bits per heavy atom. The number of fused-ring (bicyclic) bond motifs is 5. The standard InChI is InChI=1S/C33H43NO6/c1-8-39-33(21(4)35)15-14-26-25-13-12-22-16-27(36)19(2)20(3)32(22,6)29(25)28(18-31(26,33)5)40-30(37)34-23-10-9-11-24(17-23)38-7/h9-13,16-17,19-20,25-26,28-29H,8,14-15,18H2,1-7H3,(H,34,37)/t19?,20?,25-,26-,28-,29-,31-,32+,33-/m0/s1. The van der Waals surface area contributed by atoms with Gasteiger partial charge in [0, 0.05) is 41.0 Å². The Kier molecular flexibility index (Phi) is 7.26. The van der Waals surface area contributed by atoms with Crippen molar-refractivity contribution in [2.75, 3.05) is 19.0 Å². The first kappa shape index (κ1) is 28.6. The van der Waals surface area contributed by atoms with Crippen LogP contribution >= 0.6 is 0 Å². The van der Waals surface area contributed by atoms with E-state index in [1.807, 2.05) is 26.0 Å². The SMILES string of the molecule is CCO[C@]1(C(C)=O)CC[C@H]2[C@@H]3C=CC4=CC(=O)C(C)C(C)[C@@]4(C)[C@@H]3[C@@H](OC(=O)Nc3cccc(OC)c3)C[C@@]21C. The number of allylic oxidation sites excluding steroid dienone is 4. The van der Waals surface area contributed by atoms with Gasteiger partial charge in [-0.3, -0.25) is 14.9 Å². The fraction of sp³-hybridized carbons (Fsp3) is 0.606. The molecule has 4 aliphatic rings. The van der Waals surface area contributed by atoms with Gasteiger partial charge in [-0.15, -0.1) is 0 Å². The summed E-state index contributed by atoms with van der Waals surface area (Å²) in [5, 5.41) is 2.89. The van der Waals surface area contributed by atoms with Gasteiger partial charge in [0.15, 0.2) is 11.6 Å². The summed E-state index contributed by atoms with van der Waals surface area (Å²) >= 11 is 0. The van der Waals surface area contributed by atoms with Crippen molar-refractivity contribution < 1.29 is 28.6 Å². The summed E-state index contributed by atoms with van der Waals surface area (Å²) in [6, 6.07) is 7.16. The first-order chi connectivity index (χ1) is 18.9.